The predicted molar refractivity (Wildman–Crippen MR) is 145 cm³/mol. The first-order chi connectivity index (χ1) is 18.4. The van der Waals surface area contributed by atoms with Crippen LogP contribution in [0.4, 0.5) is 5.82 Å². The van der Waals surface area contributed by atoms with Crippen molar-refractivity contribution in [3.8, 4) is 5.95 Å². The number of anilines is 1. The van der Waals surface area contributed by atoms with Crippen LogP contribution in [-0.4, -0.2) is 108 Å². The molecule has 0 saturated carbocycles. The lowest BCUT2D eigenvalue weighted by Crippen LogP contribution is -2.70. The number of para-hydroxylation sites is 2. The van der Waals surface area contributed by atoms with Crippen molar-refractivity contribution in [2.24, 2.45) is 7.05 Å². The minimum atomic E-state index is -0.526. The SMILES string of the molecule is CCc1nc2ccccc2n1-c1nc(N2CCOCC2)c2nc(CN3CC(N4CC(C)(O)C4)C3)n(C)c2n1. The minimum absolute atomic E-state index is 0.516. The van der Waals surface area contributed by atoms with Gasteiger partial charge in [0.2, 0.25) is 5.95 Å². The molecule has 3 aromatic heterocycles. The number of aromatic nitrogens is 6. The van der Waals surface area contributed by atoms with Crippen molar-refractivity contribution in [1.29, 1.82) is 0 Å². The maximum absolute atomic E-state index is 10.1. The highest BCUT2D eigenvalue weighted by molar-refractivity contribution is 5.86. The molecular formula is C27H35N9O2. The molecule has 0 aliphatic carbocycles. The molecule has 3 fully saturated rings. The summed E-state index contributed by atoms with van der Waals surface area (Å²) in [6.45, 7) is 11.2. The quantitative estimate of drug-likeness (QED) is 0.406. The van der Waals surface area contributed by atoms with Crippen LogP contribution in [0.25, 0.3) is 28.1 Å². The summed E-state index contributed by atoms with van der Waals surface area (Å²) < 4.78 is 9.85. The molecule has 3 aliphatic rings. The lowest BCUT2D eigenvalue weighted by Gasteiger charge is -2.54. The van der Waals surface area contributed by atoms with Gasteiger partial charge in [-0.25, -0.2) is 9.97 Å². The molecule has 0 radical (unpaired) electrons. The van der Waals surface area contributed by atoms with Gasteiger partial charge in [0.25, 0.3) is 0 Å². The van der Waals surface area contributed by atoms with Crippen molar-refractivity contribution >= 4 is 28.0 Å². The molecular weight excluding hydrogens is 482 g/mol. The number of likely N-dealkylation sites (tertiary alicyclic amines) is 2. The summed E-state index contributed by atoms with van der Waals surface area (Å²) >= 11 is 0. The Morgan fingerprint density at radius 1 is 1.03 bits per heavy atom. The van der Waals surface area contributed by atoms with Gasteiger partial charge < -0.3 is 19.3 Å². The van der Waals surface area contributed by atoms with Gasteiger partial charge in [-0.05, 0) is 19.1 Å². The molecule has 38 heavy (non-hydrogen) atoms. The van der Waals surface area contributed by atoms with E-state index in [4.69, 9.17) is 24.7 Å². The molecule has 0 atom stereocenters. The molecule has 0 amide bonds. The number of hydrogen-bond donors (Lipinski definition) is 1. The van der Waals surface area contributed by atoms with Gasteiger partial charge in [-0.15, -0.1) is 0 Å². The summed E-state index contributed by atoms with van der Waals surface area (Å²) in [7, 11) is 2.06. The van der Waals surface area contributed by atoms with Crippen LogP contribution in [0.15, 0.2) is 24.3 Å². The van der Waals surface area contributed by atoms with E-state index in [0.29, 0.717) is 25.2 Å². The number of benzene rings is 1. The zero-order valence-electron chi connectivity index (χ0n) is 22.3. The van der Waals surface area contributed by atoms with E-state index >= 15 is 0 Å². The lowest BCUT2D eigenvalue weighted by molar-refractivity contribution is -0.129. The third kappa shape index (κ3) is 3.96. The Kier molecular flexibility index (Phi) is 5.66. The second-order valence-electron chi connectivity index (χ2n) is 11.2. The molecule has 11 nitrogen and oxygen atoms in total. The van der Waals surface area contributed by atoms with Gasteiger partial charge in [0.15, 0.2) is 17.0 Å². The standard InChI is InChI=1S/C27H35N9O2/c1-4-21-28-19-7-5-6-8-20(19)36(21)26-30-24-23(25(31-26)34-9-11-38-12-10-34)29-22(32(24)3)15-33-13-18(14-33)35-16-27(2,37)17-35/h5-8,18,37H,4,9-17H2,1-3H3. The molecule has 0 spiro atoms. The van der Waals surface area contributed by atoms with Gasteiger partial charge in [0, 0.05) is 58.8 Å². The number of imidazole rings is 2. The molecule has 4 aromatic rings. The Bertz CT molecular complexity index is 1490. The smallest absolute Gasteiger partial charge is 0.239 e. The number of β-amino-alcohol motifs (C(OH)–C–C–N with tert-alkyl or cyclic N) is 1. The molecule has 0 unspecified atom stereocenters. The third-order valence-electron chi connectivity index (χ3n) is 8.15. The second-order valence-corrected chi connectivity index (χ2v) is 11.2. The summed E-state index contributed by atoms with van der Waals surface area (Å²) in [5.41, 5.74) is 3.11. The zero-order valence-corrected chi connectivity index (χ0v) is 22.3. The first-order valence-corrected chi connectivity index (χ1v) is 13.6. The van der Waals surface area contributed by atoms with E-state index in [9.17, 15) is 5.11 Å². The summed E-state index contributed by atoms with van der Waals surface area (Å²) in [5.74, 6) is 3.42. The van der Waals surface area contributed by atoms with E-state index in [1.807, 2.05) is 25.1 Å². The van der Waals surface area contributed by atoms with Crippen molar-refractivity contribution in [1.82, 2.24) is 38.9 Å². The fourth-order valence-corrected chi connectivity index (χ4v) is 6.04. The number of nitrogens with zero attached hydrogens (tertiary/aromatic N) is 9. The van der Waals surface area contributed by atoms with Crippen LogP contribution < -0.4 is 4.90 Å². The number of hydrogen-bond acceptors (Lipinski definition) is 9. The van der Waals surface area contributed by atoms with Gasteiger partial charge in [-0.3, -0.25) is 14.4 Å². The van der Waals surface area contributed by atoms with E-state index in [1.54, 1.807) is 0 Å². The van der Waals surface area contributed by atoms with Crippen LogP contribution in [0.2, 0.25) is 0 Å². The lowest BCUT2D eigenvalue weighted by atomic mass is 9.92. The Morgan fingerprint density at radius 2 is 1.79 bits per heavy atom. The molecule has 3 aliphatic heterocycles. The Balaban J connectivity index is 1.26. The van der Waals surface area contributed by atoms with E-state index in [1.165, 1.54) is 0 Å². The summed E-state index contributed by atoms with van der Waals surface area (Å²) in [5, 5.41) is 10.1. The molecule has 3 saturated heterocycles. The number of morpholine rings is 1. The number of aryl methyl sites for hydroxylation is 2. The van der Waals surface area contributed by atoms with E-state index in [0.717, 1.165) is 91.9 Å². The topological polar surface area (TPSA) is 101 Å². The highest BCUT2D eigenvalue weighted by Crippen LogP contribution is 2.31. The van der Waals surface area contributed by atoms with Crippen LogP contribution in [-0.2, 0) is 24.8 Å². The third-order valence-corrected chi connectivity index (χ3v) is 8.15. The molecule has 1 N–H and O–H groups in total. The summed E-state index contributed by atoms with van der Waals surface area (Å²) in [6, 6.07) is 8.68. The molecule has 6 heterocycles. The highest BCUT2D eigenvalue weighted by atomic mass is 16.5. The first-order valence-electron chi connectivity index (χ1n) is 13.6. The molecule has 7 rings (SSSR count). The van der Waals surface area contributed by atoms with Crippen molar-refractivity contribution in [3.63, 3.8) is 0 Å². The Morgan fingerprint density at radius 3 is 2.53 bits per heavy atom. The van der Waals surface area contributed by atoms with Crippen LogP contribution >= 0.6 is 0 Å². The minimum Gasteiger partial charge on any atom is -0.388 e. The Hall–Kier alpha value is -3.12. The van der Waals surface area contributed by atoms with E-state index in [-0.39, 0.29) is 0 Å². The number of rotatable bonds is 6. The predicted octanol–water partition coefficient (Wildman–Crippen LogP) is 1.35. The Labute approximate surface area is 221 Å². The van der Waals surface area contributed by atoms with Crippen LogP contribution in [0, 0.1) is 0 Å². The maximum Gasteiger partial charge on any atom is 0.239 e. The fraction of sp³-hybridized carbons (Fsp3) is 0.556. The molecule has 0 bridgehead atoms. The first kappa shape index (κ1) is 24.0. The molecule has 1 aromatic carbocycles. The number of fused-ring (bicyclic) bond motifs is 2. The fourth-order valence-electron chi connectivity index (χ4n) is 6.04. The van der Waals surface area contributed by atoms with Crippen molar-refractivity contribution in [2.45, 2.75) is 38.5 Å². The van der Waals surface area contributed by atoms with Crippen molar-refractivity contribution < 1.29 is 9.84 Å². The van der Waals surface area contributed by atoms with E-state index < -0.39 is 5.60 Å². The average Bonchev–Trinajstić information content (AvgIpc) is 3.42. The van der Waals surface area contributed by atoms with Gasteiger partial charge >= 0.3 is 0 Å². The zero-order chi connectivity index (χ0) is 26.0. The number of aliphatic hydroxyl groups is 1. The molecule has 11 heteroatoms. The second kappa shape index (κ2) is 8.98. The normalized spacial score (nSPS) is 20.8. The molecule has 200 valence electrons. The average molecular weight is 518 g/mol. The summed E-state index contributed by atoms with van der Waals surface area (Å²) in [4.78, 5) is 27.2. The largest absolute Gasteiger partial charge is 0.388 e. The van der Waals surface area contributed by atoms with Gasteiger partial charge in [0.05, 0.1) is 36.4 Å². The van der Waals surface area contributed by atoms with Crippen molar-refractivity contribution in [2.75, 3.05) is 57.4 Å². The van der Waals surface area contributed by atoms with E-state index in [2.05, 4.69) is 43.9 Å². The van der Waals surface area contributed by atoms with Crippen LogP contribution in [0.5, 0.6) is 0 Å². The maximum atomic E-state index is 10.1. The van der Waals surface area contributed by atoms with Crippen LogP contribution in [0.3, 0.4) is 0 Å². The van der Waals surface area contributed by atoms with Crippen molar-refractivity contribution in [3.05, 3.63) is 35.9 Å². The van der Waals surface area contributed by atoms with Gasteiger partial charge in [0.1, 0.15) is 11.6 Å². The number of ether oxygens (including phenoxy) is 1. The van der Waals surface area contributed by atoms with Crippen LogP contribution in [0.1, 0.15) is 25.5 Å². The summed E-state index contributed by atoms with van der Waals surface area (Å²) in [6.07, 6.45) is 0.780. The highest BCUT2D eigenvalue weighted by Gasteiger charge is 2.44. The monoisotopic (exact) mass is 517 g/mol. The van der Waals surface area contributed by atoms with Gasteiger partial charge in [-0.2, -0.15) is 9.97 Å². The van der Waals surface area contributed by atoms with Gasteiger partial charge in [-0.1, -0.05) is 19.1 Å².